The van der Waals surface area contributed by atoms with Crippen molar-refractivity contribution in [3.05, 3.63) is 36.3 Å². The molecular weight excluding hydrogens is 226 g/mol. The zero-order chi connectivity index (χ0) is 12.8. The number of anilines is 3. The summed E-state index contributed by atoms with van der Waals surface area (Å²) < 4.78 is 0. The van der Waals surface area contributed by atoms with Crippen LogP contribution in [0.25, 0.3) is 0 Å². The van der Waals surface area contributed by atoms with Crippen LogP contribution in [-0.2, 0) is 0 Å². The Bertz CT molecular complexity index is 498. The minimum absolute atomic E-state index is 0.585. The molecule has 2 heterocycles. The number of rotatable bonds is 5. The first-order chi connectivity index (χ1) is 8.78. The van der Waals surface area contributed by atoms with Crippen molar-refractivity contribution < 1.29 is 0 Å². The summed E-state index contributed by atoms with van der Waals surface area (Å²) >= 11 is 0. The molecule has 0 bridgehead atoms. The highest BCUT2D eigenvalue weighted by atomic mass is 15.1. The van der Waals surface area contributed by atoms with E-state index in [2.05, 4.69) is 32.5 Å². The number of hydrogen-bond donors (Lipinski definition) is 2. The summed E-state index contributed by atoms with van der Waals surface area (Å²) in [4.78, 5) is 12.8. The van der Waals surface area contributed by atoms with Gasteiger partial charge in [-0.15, -0.1) is 0 Å². The van der Waals surface area contributed by atoms with Gasteiger partial charge >= 0.3 is 0 Å². The standard InChI is InChI=1S/C13H17N5/c1-3-6-15-12-8-10(2)16-13(18-12)17-11-5-4-7-14-9-11/h4-5,7-9H,3,6H2,1-2H3,(H2,15,16,17,18). The average Bonchev–Trinajstić information content (AvgIpc) is 2.37. The van der Waals surface area contributed by atoms with Crippen molar-refractivity contribution >= 4 is 17.5 Å². The van der Waals surface area contributed by atoms with E-state index in [0.717, 1.165) is 30.2 Å². The van der Waals surface area contributed by atoms with E-state index < -0.39 is 0 Å². The maximum atomic E-state index is 4.41. The molecule has 0 amide bonds. The van der Waals surface area contributed by atoms with E-state index in [1.807, 2.05) is 25.1 Å². The monoisotopic (exact) mass is 243 g/mol. The second-order valence-electron chi connectivity index (χ2n) is 4.01. The zero-order valence-corrected chi connectivity index (χ0v) is 10.6. The third-order valence-corrected chi connectivity index (χ3v) is 2.33. The number of hydrogen-bond acceptors (Lipinski definition) is 5. The Labute approximate surface area is 107 Å². The number of aromatic nitrogens is 3. The van der Waals surface area contributed by atoms with Crippen molar-refractivity contribution in [2.24, 2.45) is 0 Å². The highest BCUT2D eigenvalue weighted by Gasteiger charge is 2.02. The van der Waals surface area contributed by atoms with E-state index in [0.29, 0.717) is 5.95 Å². The lowest BCUT2D eigenvalue weighted by atomic mass is 10.4. The second-order valence-corrected chi connectivity index (χ2v) is 4.01. The Hall–Kier alpha value is -2.17. The summed E-state index contributed by atoms with van der Waals surface area (Å²) in [5.74, 6) is 1.43. The predicted octanol–water partition coefficient (Wildman–Crippen LogP) is 2.75. The molecule has 2 aromatic heterocycles. The molecule has 0 radical (unpaired) electrons. The van der Waals surface area contributed by atoms with Gasteiger partial charge in [-0.05, 0) is 25.5 Å². The van der Waals surface area contributed by atoms with Crippen LogP contribution < -0.4 is 10.6 Å². The van der Waals surface area contributed by atoms with Crippen LogP contribution in [-0.4, -0.2) is 21.5 Å². The maximum Gasteiger partial charge on any atom is 0.229 e. The van der Waals surface area contributed by atoms with Crippen LogP contribution in [0, 0.1) is 6.92 Å². The fourth-order valence-corrected chi connectivity index (χ4v) is 1.53. The second kappa shape index (κ2) is 5.95. The molecule has 2 aromatic rings. The Morgan fingerprint density at radius 1 is 1.28 bits per heavy atom. The lowest BCUT2D eigenvalue weighted by molar-refractivity contribution is 0.962. The molecule has 0 aliphatic rings. The molecule has 0 saturated carbocycles. The van der Waals surface area contributed by atoms with E-state index >= 15 is 0 Å². The van der Waals surface area contributed by atoms with E-state index in [-0.39, 0.29) is 0 Å². The highest BCUT2D eigenvalue weighted by Crippen LogP contribution is 2.14. The van der Waals surface area contributed by atoms with Gasteiger partial charge in [-0.2, -0.15) is 4.98 Å². The molecule has 2 N–H and O–H groups in total. The highest BCUT2D eigenvalue weighted by molar-refractivity contribution is 5.53. The van der Waals surface area contributed by atoms with Crippen LogP contribution in [0.4, 0.5) is 17.5 Å². The summed E-state index contributed by atoms with van der Waals surface area (Å²) in [6.45, 7) is 4.98. The summed E-state index contributed by atoms with van der Waals surface area (Å²) in [6, 6.07) is 5.73. The lowest BCUT2D eigenvalue weighted by Crippen LogP contribution is -2.06. The van der Waals surface area contributed by atoms with Gasteiger partial charge in [0.1, 0.15) is 5.82 Å². The van der Waals surface area contributed by atoms with Gasteiger partial charge < -0.3 is 10.6 Å². The Morgan fingerprint density at radius 2 is 2.17 bits per heavy atom. The lowest BCUT2D eigenvalue weighted by Gasteiger charge is -2.08. The first-order valence-corrected chi connectivity index (χ1v) is 6.04. The molecule has 0 saturated heterocycles. The Kier molecular flexibility index (Phi) is 4.06. The predicted molar refractivity (Wildman–Crippen MR) is 73.1 cm³/mol. The van der Waals surface area contributed by atoms with Crippen LogP contribution >= 0.6 is 0 Å². The van der Waals surface area contributed by atoms with Crippen molar-refractivity contribution in [2.45, 2.75) is 20.3 Å². The van der Waals surface area contributed by atoms with E-state index in [4.69, 9.17) is 0 Å². The molecule has 0 aromatic carbocycles. The van der Waals surface area contributed by atoms with Crippen molar-refractivity contribution in [1.82, 2.24) is 15.0 Å². The van der Waals surface area contributed by atoms with Gasteiger partial charge in [0.25, 0.3) is 0 Å². The largest absolute Gasteiger partial charge is 0.370 e. The third-order valence-electron chi connectivity index (χ3n) is 2.33. The first-order valence-electron chi connectivity index (χ1n) is 6.04. The SMILES string of the molecule is CCCNc1cc(C)nc(Nc2cccnc2)n1. The summed E-state index contributed by atoms with van der Waals surface area (Å²) in [5, 5.41) is 6.39. The van der Waals surface area contributed by atoms with E-state index in [1.165, 1.54) is 0 Å². The van der Waals surface area contributed by atoms with Crippen molar-refractivity contribution in [1.29, 1.82) is 0 Å². The number of pyridine rings is 1. The molecular formula is C13H17N5. The minimum Gasteiger partial charge on any atom is -0.370 e. The molecule has 0 aliphatic heterocycles. The van der Waals surface area contributed by atoms with E-state index in [9.17, 15) is 0 Å². The molecule has 0 unspecified atom stereocenters. The van der Waals surface area contributed by atoms with Crippen molar-refractivity contribution in [2.75, 3.05) is 17.2 Å². The normalized spacial score (nSPS) is 10.1. The summed E-state index contributed by atoms with van der Waals surface area (Å²) in [7, 11) is 0. The Balaban J connectivity index is 2.15. The quantitative estimate of drug-likeness (QED) is 0.845. The molecule has 2 rings (SSSR count). The van der Waals surface area contributed by atoms with Crippen LogP contribution in [0.5, 0.6) is 0 Å². The van der Waals surface area contributed by atoms with Gasteiger partial charge in [-0.25, -0.2) is 4.98 Å². The minimum atomic E-state index is 0.585. The van der Waals surface area contributed by atoms with Crippen molar-refractivity contribution in [3.8, 4) is 0 Å². The van der Waals surface area contributed by atoms with Crippen LogP contribution in [0.15, 0.2) is 30.6 Å². The zero-order valence-electron chi connectivity index (χ0n) is 10.6. The van der Waals surface area contributed by atoms with Crippen molar-refractivity contribution in [3.63, 3.8) is 0 Å². The van der Waals surface area contributed by atoms with Gasteiger partial charge in [-0.1, -0.05) is 6.92 Å². The molecule has 18 heavy (non-hydrogen) atoms. The molecule has 0 fully saturated rings. The van der Waals surface area contributed by atoms with Gasteiger partial charge in [0, 0.05) is 24.5 Å². The fourth-order valence-electron chi connectivity index (χ4n) is 1.53. The number of nitrogens with one attached hydrogen (secondary N) is 2. The third kappa shape index (κ3) is 3.41. The maximum absolute atomic E-state index is 4.41. The van der Waals surface area contributed by atoms with Crippen LogP contribution in [0.3, 0.4) is 0 Å². The molecule has 0 spiro atoms. The topological polar surface area (TPSA) is 62.7 Å². The fraction of sp³-hybridized carbons (Fsp3) is 0.308. The molecule has 94 valence electrons. The van der Waals surface area contributed by atoms with Gasteiger partial charge in [-0.3, -0.25) is 4.98 Å². The van der Waals surface area contributed by atoms with Gasteiger partial charge in [0.15, 0.2) is 0 Å². The number of aryl methyl sites for hydroxylation is 1. The molecule has 5 nitrogen and oxygen atoms in total. The van der Waals surface area contributed by atoms with Crippen LogP contribution in [0.1, 0.15) is 19.0 Å². The van der Waals surface area contributed by atoms with Gasteiger partial charge in [0.2, 0.25) is 5.95 Å². The smallest absolute Gasteiger partial charge is 0.229 e. The average molecular weight is 243 g/mol. The molecule has 0 aliphatic carbocycles. The van der Waals surface area contributed by atoms with E-state index in [1.54, 1.807) is 12.4 Å². The number of nitrogens with zero attached hydrogens (tertiary/aromatic N) is 3. The molecule has 5 heteroatoms. The van der Waals surface area contributed by atoms with Gasteiger partial charge in [0.05, 0.1) is 11.9 Å². The first kappa shape index (κ1) is 12.3. The van der Waals surface area contributed by atoms with Crippen LogP contribution in [0.2, 0.25) is 0 Å². The summed E-state index contributed by atoms with van der Waals surface area (Å²) in [5.41, 5.74) is 1.81. The molecule has 0 atom stereocenters. The summed E-state index contributed by atoms with van der Waals surface area (Å²) in [6.07, 6.45) is 4.54. The Morgan fingerprint density at radius 3 is 2.89 bits per heavy atom.